The van der Waals surface area contributed by atoms with E-state index in [0.717, 1.165) is 11.4 Å². The highest BCUT2D eigenvalue weighted by Gasteiger charge is 1.91. The van der Waals surface area contributed by atoms with Crippen LogP contribution in [0.5, 0.6) is 0 Å². The summed E-state index contributed by atoms with van der Waals surface area (Å²) in [7, 11) is 0. The summed E-state index contributed by atoms with van der Waals surface area (Å²) in [5.74, 6) is 0. The van der Waals surface area contributed by atoms with Crippen LogP contribution in [-0.4, -0.2) is 0 Å². The fraction of sp³-hybridized carbons (Fsp3) is 0. The first-order valence-electron chi connectivity index (χ1n) is 4.67. The molecule has 80 valence electrons. The lowest BCUT2D eigenvalue weighted by molar-refractivity contribution is 1.23. The van der Waals surface area contributed by atoms with Crippen molar-refractivity contribution in [1.29, 1.82) is 0 Å². The van der Waals surface area contributed by atoms with Gasteiger partial charge in [0.15, 0.2) is 0 Å². The van der Waals surface area contributed by atoms with Crippen molar-refractivity contribution in [1.82, 2.24) is 0 Å². The van der Waals surface area contributed by atoms with Crippen molar-refractivity contribution in [3.63, 3.8) is 0 Å². The summed E-state index contributed by atoms with van der Waals surface area (Å²) in [5, 5.41) is 9.51. The molecule has 0 amide bonds. The van der Waals surface area contributed by atoms with E-state index >= 15 is 0 Å². The molecule has 2 aromatic rings. The topological polar surface area (TPSA) is 24.7 Å². The molecule has 4 heteroatoms. The van der Waals surface area contributed by atoms with Crippen molar-refractivity contribution >= 4 is 34.6 Å². The first-order chi connectivity index (χ1) is 7.74. The van der Waals surface area contributed by atoms with E-state index in [9.17, 15) is 0 Å². The second kappa shape index (κ2) is 5.10. The van der Waals surface area contributed by atoms with Crippen LogP contribution in [0.15, 0.2) is 58.8 Å². The minimum atomic E-state index is 0.686. The maximum absolute atomic E-state index is 5.76. The highest BCUT2D eigenvalue weighted by molar-refractivity contribution is 6.30. The first-order valence-corrected chi connectivity index (χ1v) is 5.42. The van der Waals surface area contributed by atoms with Gasteiger partial charge in [-0.3, -0.25) is 0 Å². The molecule has 16 heavy (non-hydrogen) atoms. The lowest BCUT2D eigenvalue weighted by atomic mass is 10.3. The molecule has 0 aliphatic carbocycles. The van der Waals surface area contributed by atoms with Gasteiger partial charge in [0.25, 0.3) is 0 Å². The molecule has 0 aliphatic rings. The molecule has 2 aromatic carbocycles. The quantitative estimate of drug-likeness (QED) is 0.637. The van der Waals surface area contributed by atoms with E-state index in [1.165, 1.54) is 0 Å². The van der Waals surface area contributed by atoms with Crippen molar-refractivity contribution in [2.24, 2.45) is 10.2 Å². The summed E-state index contributed by atoms with van der Waals surface area (Å²) < 4.78 is 0. The minimum absolute atomic E-state index is 0.686. The highest BCUT2D eigenvalue weighted by atomic mass is 35.5. The maximum Gasteiger partial charge on any atom is 0.0858 e. The minimum Gasteiger partial charge on any atom is -0.151 e. The fourth-order valence-corrected chi connectivity index (χ4v) is 1.38. The van der Waals surface area contributed by atoms with Crippen LogP contribution in [0.3, 0.4) is 0 Å². The zero-order valence-corrected chi connectivity index (χ0v) is 9.78. The summed E-state index contributed by atoms with van der Waals surface area (Å²) >= 11 is 11.5. The van der Waals surface area contributed by atoms with E-state index < -0.39 is 0 Å². The Morgan fingerprint density at radius 1 is 0.562 bits per heavy atom. The first kappa shape index (κ1) is 11.1. The largest absolute Gasteiger partial charge is 0.151 e. The van der Waals surface area contributed by atoms with Gasteiger partial charge in [0, 0.05) is 10.0 Å². The summed E-state index contributed by atoms with van der Waals surface area (Å²) in [6.45, 7) is 0. The van der Waals surface area contributed by atoms with Gasteiger partial charge in [-0.25, -0.2) is 0 Å². The zero-order valence-electron chi connectivity index (χ0n) is 8.27. The molecule has 0 atom stereocenters. The third-order valence-electron chi connectivity index (χ3n) is 1.93. The van der Waals surface area contributed by atoms with Gasteiger partial charge in [-0.05, 0) is 48.5 Å². The summed E-state index contributed by atoms with van der Waals surface area (Å²) in [6.07, 6.45) is 0. The van der Waals surface area contributed by atoms with Gasteiger partial charge in [-0.2, -0.15) is 10.2 Å². The van der Waals surface area contributed by atoms with Crippen molar-refractivity contribution < 1.29 is 0 Å². The molecule has 0 saturated heterocycles. The van der Waals surface area contributed by atoms with Crippen LogP contribution in [-0.2, 0) is 0 Å². The Labute approximate surface area is 104 Å². The van der Waals surface area contributed by atoms with Crippen LogP contribution in [0.25, 0.3) is 0 Å². The fourth-order valence-electron chi connectivity index (χ4n) is 1.13. The van der Waals surface area contributed by atoms with Gasteiger partial charge in [-0.15, -0.1) is 0 Å². The molecule has 0 radical (unpaired) electrons. The number of halogens is 2. The smallest absolute Gasteiger partial charge is 0.0858 e. The van der Waals surface area contributed by atoms with Gasteiger partial charge in [0.05, 0.1) is 11.4 Å². The molecule has 0 unspecified atom stereocenters. The number of nitrogens with zero attached hydrogens (tertiary/aromatic N) is 2. The molecule has 0 heterocycles. The number of hydrogen-bond donors (Lipinski definition) is 0. The van der Waals surface area contributed by atoms with E-state index in [1.54, 1.807) is 24.3 Å². The summed E-state index contributed by atoms with van der Waals surface area (Å²) in [5.41, 5.74) is 1.53. The van der Waals surface area contributed by atoms with Crippen LogP contribution in [0.4, 0.5) is 11.4 Å². The monoisotopic (exact) mass is 250 g/mol. The van der Waals surface area contributed by atoms with Gasteiger partial charge < -0.3 is 0 Å². The van der Waals surface area contributed by atoms with Crippen LogP contribution in [0, 0.1) is 0 Å². The molecule has 0 spiro atoms. The average Bonchev–Trinajstić information content (AvgIpc) is 2.30. The average molecular weight is 251 g/mol. The van der Waals surface area contributed by atoms with Crippen molar-refractivity contribution in [3.8, 4) is 0 Å². The standard InChI is InChI=1S/C12H8Cl2N2/c13-9-1-5-11(6-2-9)15-16-12-7-3-10(14)4-8-12/h1-8H. The Kier molecular flexibility index (Phi) is 3.54. The van der Waals surface area contributed by atoms with E-state index in [1.807, 2.05) is 24.3 Å². The molecule has 0 aliphatic heterocycles. The van der Waals surface area contributed by atoms with E-state index in [-0.39, 0.29) is 0 Å². The van der Waals surface area contributed by atoms with Crippen molar-refractivity contribution in [3.05, 3.63) is 58.6 Å². The van der Waals surface area contributed by atoms with Crippen LogP contribution >= 0.6 is 23.2 Å². The van der Waals surface area contributed by atoms with E-state index in [0.29, 0.717) is 10.0 Å². The Bertz CT molecular complexity index is 442. The second-order valence-corrected chi connectivity index (χ2v) is 4.03. The Morgan fingerprint density at radius 3 is 1.19 bits per heavy atom. The maximum atomic E-state index is 5.76. The van der Waals surface area contributed by atoms with Crippen LogP contribution in [0.2, 0.25) is 10.0 Å². The Hall–Kier alpha value is -1.38. The number of rotatable bonds is 2. The van der Waals surface area contributed by atoms with E-state index in [2.05, 4.69) is 10.2 Å². The predicted octanol–water partition coefficient (Wildman–Crippen LogP) is 5.41. The lowest BCUT2D eigenvalue weighted by Crippen LogP contribution is -1.65. The lowest BCUT2D eigenvalue weighted by Gasteiger charge is -1.94. The van der Waals surface area contributed by atoms with E-state index in [4.69, 9.17) is 23.2 Å². The normalized spacial score (nSPS) is 10.9. The third kappa shape index (κ3) is 3.05. The number of hydrogen-bond acceptors (Lipinski definition) is 2. The molecule has 0 bridgehead atoms. The number of benzene rings is 2. The van der Waals surface area contributed by atoms with Crippen LogP contribution in [0.1, 0.15) is 0 Å². The van der Waals surface area contributed by atoms with Gasteiger partial charge in [-0.1, -0.05) is 23.2 Å². The number of azo groups is 1. The summed E-state index contributed by atoms with van der Waals surface area (Å²) in [4.78, 5) is 0. The molecule has 0 N–H and O–H groups in total. The molecule has 2 rings (SSSR count). The van der Waals surface area contributed by atoms with Gasteiger partial charge in [0.2, 0.25) is 0 Å². The van der Waals surface area contributed by atoms with Gasteiger partial charge in [0.1, 0.15) is 0 Å². The highest BCUT2D eigenvalue weighted by Crippen LogP contribution is 2.21. The van der Waals surface area contributed by atoms with Gasteiger partial charge >= 0.3 is 0 Å². The molecular weight excluding hydrogens is 243 g/mol. The molecule has 2 nitrogen and oxygen atoms in total. The van der Waals surface area contributed by atoms with Crippen LogP contribution < -0.4 is 0 Å². The van der Waals surface area contributed by atoms with Crippen molar-refractivity contribution in [2.45, 2.75) is 0 Å². The SMILES string of the molecule is Clc1ccc(N=Nc2ccc(Cl)cc2)cc1. The third-order valence-corrected chi connectivity index (χ3v) is 2.44. The van der Waals surface area contributed by atoms with Crippen molar-refractivity contribution in [2.75, 3.05) is 0 Å². The molecular formula is C12H8Cl2N2. The molecule has 0 aromatic heterocycles. The molecule has 0 fully saturated rings. The summed E-state index contributed by atoms with van der Waals surface area (Å²) in [6, 6.07) is 14.3. The second-order valence-electron chi connectivity index (χ2n) is 3.15. The predicted molar refractivity (Wildman–Crippen MR) is 67.1 cm³/mol. The Balaban J connectivity index is 2.15. The zero-order chi connectivity index (χ0) is 11.4. The molecule has 0 saturated carbocycles. The Morgan fingerprint density at radius 2 is 0.875 bits per heavy atom.